The van der Waals surface area contributed by atoms with E-state index in [9.17, 15) is 14.0 Å². The molecular weight excluding hydrogens is 363 g/mol. The molecule has 1 fully saturated rings. The minimum Gasteiger partial charge on any atom is -0.335 e. The van der Waals surface area contributed by atoms with Crippen molar-refractivity contribution in [3.8, 4) is 5.69 Å². The third-order valence-electron chi connectivity index (χ3n) is 4.57. The number of benzene rings is 1. The summed E-state index contributed by atoms with van der Waals surface area (Å²) in [6.07, 6.45) is 4.67. The van der Waals surface area contributed by atoms with Crippen molar-refractivity contribution in [3.63, 3.8) is 0 Å². The average molecular weight is 380 g/mol. The standard InChI is InChI=1S/C19H17FN6O2/c20-15-3-5-16(6-4-15)26-13-17(22-23-26)19(28)25-10-8-24(9-11-25)18(27)14-2-1-7-21-12-14/h1-7,12-13H,8-11H2. The van der Waals surface area contributed by atoms with Gasteiger partial charge in [-0.25, -0.2) is 9.07 Å². The molecule has 0 spiro atoms. The molecule has 4 rings (SSSR count). The lowest BCUT2D eigenvalue weighted by atomic mass is 10.2. The molecule has 2 amide bonds. The molecule has 8 nitrogen and oxygen atoms in total. The van der Waals surface area contributed by atoms with Crippen LogP contribution in [0.15, 0.2) is 55.0 Å². The van der Waals surface area contributed by atoms with Crippen molar-refractivity contribution in [1.82, 2.24) is 29.8 Å². The topological polar surface area (TPSA) is 84.2 Å². The number of piperazine rings is 1. The second-order valence-electron chi connectivity index (χ2n) is 6.35. The molecule has 28 heavy (non-hydrogen) atoms. The van der Waals surface area contributed by atoms with Crippen LogP contribution in [0, 0.1) is 5.82 Å². The SMILES string of the molecule is O=C(c1cccnc1)N1CCN(C(=O)c2cn(-c3ccc(F)cc3)nn2)CC1. The zero-order valence-corrected chi connectivity index (χ0v) is 14.9. The maximum atomic E-state index is 13.0. The van der Waals surface area contributed by atoms with Crippen molar-refractivity contribution < 1.29 is 14.0 Å². The van der Waals surface area contributed by atoms with E-state index >= 15 is 0 Å². The summed E-state index contributed by atoms with van der Waals surface area (Å²) in [5.74, 6) is -0.692. The highest BCUT2D eigenvalue weighted by molar-refractivity contribution is 5.95. The Morgan fingerprint density at radius 1 is 0.929 bits per heavy atom. The van der Waals surface area contributed by atoms with Gasteiger partial charge in [-0.3, -0.25) is 14.6 Å². The maximum absolute atomic E-state index is 13.0. The highest BCUT2D eigenvalue weighted by atomic mass is 19.1. The Kier molecular flexibility index (Phi) is 4.79. The predicted molar refractivity (Wildman–Crippen MR) is 97.4 cm³/mol. The lowest BCUT2D eigenvalue weighted by Gasteiger charge is -2.34. The second-order valence-corrected chi connectivity index (χ2v) is 6.35. The number of amides is 2. The molecule has 0 aliphatic carbocycles. The predicted octanol–water partition coefficient (Wildman–Crippen LogP) is 1.40. The first-order valence-corrected chi connectivity index (χ1v) is 8.79. The Bertz CT molecular complexity index is 981. The van der Waals surface area contributed by atoms with Crippen molar-refractivity contribution in [3.05, 3.63) is 72.1 Å². The van der Waals surface area contributed by atoms with Gasteiger partial charge in [-0.1, -0.05) is 5.21 Å². The van der Waals surface area contributed by atoms with Crippen LogP contribution in [0.4, 0.5) is 4.39 Å². The molecule has 1 saturated heterocycles. The molecule has 2 aromatic heterocycles. The van der Waals surface area contributed by atoms with E-state index in [1.807, 2.05) is 0 Å². The van der Waals surface area contributed by atoms with E-state index in [4.69, 9.17) is 0 Å². The van der Waals surface area contributed by atoms with Gasteiger partial charge in [0.15, 0.2) is 5.69 Å². The van der Waals surface area contributed by atoms with Crippen LogP contribution in [0.25, 0.3) is 5.69 Å². The minimum absolute atomic E-state index is 0.0950. The van der Waals surface area contributed by atoms with E-state index in [-0.39, 0.29) is 23.3 Å². The fourth-order valence-corrected chi connectivity index (χ4v) is 3.03. The summed E-state index contributed by atoms with van der Waals surface area (Å²) >= 11 is 0. The highest BCUT2D eigenvalue weighted by Gasteiger charge is 2.27. The molecule has 3 aromatic rings. The molecule has 3 heterocycles. The highest BCUT2D eigenvalue weighted by Crippen LogP contribution is 2.12. The van der Waals surface area contributed by atoms with Crippen LogP contribution < -0.4 is 0 Å². The monoisotopic (exact) mass is 380 g/mol. The Hall–Kier alpha value is -3.62. The van der Waals surface area contributed by atoms with Crippen LogP contribution in [-0.2, 0) is 0 Å². The molecule has 1 aliphatic rings. The summed E-state index contributed by atoms with van der Waals surface area (Å²) in [5.41, 5.74) is 1.35. The van der Waals surface area contributed by atoms with E-state index < -0.39 is 0 Å². The number of carbonyl (C=O) groups excluding carboxylic acids is 2. The first-order chi connectivity index (χ1) is 13.6. The summed E-state index contributed by atoms with van der Waals surface area (Å²) in [6, 6.07) is 9.19. The quantitative estimate of drug-likeness (QED) is 0.686. The molecule has 1 aromatic carbocycles. The maximum Gasteiger partial charge on any atom is 0.276 e. The molecular formula is C19H17FN6O2. The Balaban J connectivity index is 1.39. The normalized spacial score (nSPS) is 14.2. The molecule has 0 atom stereocenters. The van der Waals surface area contributed by atoms with Crippen LogP contribution in [0.5, 0.6) is 0 Å². The Morgan fingerprint density at radius 2 is 1.61 bits per heavy atom. The van der Waals surface area contributed by atoms with E-state index in [0.717, 1.165) is 0 Å². The zero-order valence-electron chi connectivity index (χ0n) is 14.9. The summed E-state index contributed by atoms with van der Waals surface area (Å²) in [7, 11) is 0. The number of rotatable bonds is 3. The molecule has 142 valence electrons. The molecule has 0 saturated carbocycles. The van der Waals surface area contributed by atoms with Crippen LogP contribution >= 0.6 is 0 Å². The van der Waals surface area contributed by atoms with Gasteiger partial charge in [0.1, 0.15) is 5.82 Å². The molecule has 0 unspecified atom stereocenters. The third-order valence-corrected chi connectivity index (χ3v) is 4.57. The summed E-state index contributed by atoms with van der Waals surface area (Å²) in [6.45, 7) is 1.69. The van der Waals surface area contributed by atoms with Gasteiger partial charge in [-0.2, -0.15) is 0 Å². The minimum atomic E-state index is -0.348. The van der Waals surface area contributed by atoms with Gasteiger partial charge < -0.3 is 9.80 Å². The van der Waals surface area contributed by atoms with E-state index in [1.54, 1.807) is 40.3 Å². The van der Waals surface area contributed by atoms with Crippen molar-refractivity contribution in [2.24, 2.45) is 0 Å². The lowest BCUT2D eigenvalue weighted by Crippen LogP contribution is -2.50. The molecule has 0 bridgehead atoms. The molecule has 0 radical (unpaired) electrons. The number of nitrogens with zero attached hydrogens (tertiary/aromatic N) is 6. The fourth-order valence-electron chi connectivity index (χ4n) is 3.03. The number of halogens is 1. The number of aromatic nitrogens is 4. The fraction of sp³-hybridized carbons (Fsp3) is 0.211. The van der Waals surface area contributed by atoms with Crippen LogP contribution in [0.1, 0.15) is 20.8 Å². The average Bonchev–Trinajstić information content (AvgIpc) is 3.24. The smallest absolute Gasteiger partial charge is 0.276 e. The zero-order chi connectivity index (χ0) is 19.5. The van der Waals surface area contributed by atoms with E-state index in [0.29, 0.717) is 37.4 Å². The summed E-state index contributed by atoms with van der Waals surface area (Å²) in [4.78, 5) is 32.5. The first kappa shape index (κ1) is 17.8. The van der Waals surface area contributed by atoms with Crippen molar-refractivity contribution >= 4 is 11.8 Å². The number of hydrogen-bond donors (Lipinski definition) is 0. The first-order valence-electron chi connectivity index (χ1n) is 8.79. The van der Waals surface area contributed by atoms with Crippen LogP contribution in [0.3, 0.4) is 0 Å². The number of pyridine rings is 1. The molecule has 0 N–H and O–H groups in total. The number of carbonyl (C=O) groups is 2. The Labute approximate surface area is 160 Å². The summed E-state index contributed by atoms with van der Waals surface area (Å²) < 4.78 is 14.5. The van der Waals surface area contributed by atoms with Crippen molar-refractivity contribution in [1.29, 1.82) is 0 Å². The van der Waals surface area contributed by atoms with Crippen LogP contribution in [-0.4, -0.2) is 67.8 Å². The van der Waals surface area contributed by atoms with Gasteiger partial charge in [0.2, 0.25) is 0 Å². The molecule has 1 aliphatic heterocycles. The van der Waals surface area contributed by atoms with Crippen molar-refractivity contribution in [2.45, 2.75) is 0 Å². The Morgan fingerprint density at radius 3 is 2.25 bits per heavy atom. The van der Waals surface area contributed by atoms with Gasteiger partial charge >= 0.3 is 0 Å². The lowest BCUT2D eigenvalue weighted by molar-refractivity contribution is 0.0532. The largest absolute Gasteiger partial charge is 0.335 e. The molecule has 9 heteroatoms. The summed E-state index contributed by atoms with van der Waals surface area (Å²) in [5, 5.41) is 7.87. The van der Waals surface area contributed by atoms with E-state index in [2.05, 4.69) is 15.3 Å². The van der Waals surface area contributed by atoms with Crippen molar-refractivity contribution in [2.75, 3.05) is 26.2 Å². The van der Waals surface area contributed by atoms with Gasteiger partial charge in [-0.05, 0) is 36.4 Å². The van der Waals surface area contributed by atoms with Gasteiger partial charge in [0.25, 0.3) is 11.8 Å². The third kappa shape index (κ3) is 3.59. The van der Waals surface area contributed by atoms with Gasteiger partial charge in [0, 0.05) is 38.6 Å². The second kappa shape index (κ2) is 7.55. The van der Waals surface area contributed by atoms with Gasteiger partial charge in [-0.15, -0.1) is 5.10 Å². The van der Waals surface area contributed by atoms with Gasteiger partial charge in [0.05, 0.1) is 17.4 Å². The van der Waals surface area contributed by atoms with E-state index in [1.165, 1.54) is 29.2 Å². The number of hydrogen-bond acceptors (Lipinski definition) is 5. The van der Waals surface area contributed by atoms with Crippen LogP contribution in [0.2, 0.25) is 0 Å².